The molecule has 1 aliphatic rings. The first kappa shape index (κ1) is 16.4. The average molecular weight is 305 g/mol. The average Bonchev–Trinajstić information content (AvgIpc) is 2.58. The van der Waals surface area contributed by atoms with E-state index in [2.05, 4.69) is 32.3 Å². The van der Waals surface area contributed by atoms with Gasteiger partial charge in [0.2, 0.25) is 5.91 Å². The number of hydrogen-bond acceptors (Lipinski definition) is 6. The molecule has 0 saturated carbocycles. The molecule has 0 bridgehead atoms. The van der Waals surface area contributed by atoms with Gasteiger partial charge >= 0.3 is 0 Å². The Bertz CT molecular complexity index is 482. The van der Waals surface area contributed by atoms with Gasteiger partial charge in [-0.2, -0.15) is 5.10 Å². The first-order valence-corrected chi connectivity index (χ1v) is 7.46. The Morgan fingerprint density at radius 3 is 3.27 bits per heavy atom. The van der Waals surface area contributed by atoms with E-state index in [-0.39, 0.29) is 18.1 Å². The van der Waals surface area contributed by atoms with Gasteiger partial charge in [0.15, 0.2) is 0 Å². The van der Waals surface area contributed by atoms with Gasteiger partial charge in [0.05, 0.1) is 18.8 Å². The minimum absolute atomic E-state index is 0.0161. The molecule has 2 atom stereocenters. The van der Waals surface area contributed by atoms with Crippen LogP contribution in [-0.4, -0.2) is 65.9 Å². The molecule has 120 valence electrons. The van der Waals surface area contributed by atoms with Crippen LogP contribution >= 0.6 is 0 Å². The fourth-order valence-corrected chi connectivity index (χ4v) is 2.32. The largest absolute Gasteiger partial charge is 0.374 e. The van der Waals surface area contributed by atoms with E-state index in [1.165, 1.54) is 0 Å². The highest BCUT2D eigenvalue weighted by atomic mass is 16.5. The number of anilines is 1. The Morgan fingerprint density at radius 2 is 2.55 bits per heavy atom. The zero-order chi connectivity index (χ0) is 15.8. The molecule has 2 heterocycles. The topological polar surface area (TPSA) is 79.4 Å². The second kappa shape index (κ2) is 8.45. The number of morpholine rings is 1. The molecule has 1 aromatic rings. The van der Waals surface area contributed by atoms with Crippen molar-refractivity contribution < 1.29 is 9.53 Å². The van der Waals surface area contributed by atoms with Gasteiger partial charge in [0.25, 0.3) is 0 Å². The summed E-state index contributed by atoms with van der Waals surface area (Å²) < 4.78 is 5.74. The molecule has 7 heteroatoms. The summed E-state index contributed by atoms with van der Waals surface area (Å²) in [5.41, 5.74) is 0. The molecule has 1 saturated heterocycles. The summed E-state index contributed by atoms with van der Waals surface area (Å²) in [5, 5.41) is 13.8. The standard InChI is InChI=1S/C15H23N5O2/c1-3-6-16-15(21)12(2)20-8-9-22-13(11-20)10-17-14-5-4-7-18-19-14/h3-5,7,12-13H,1,6,8-11H2,2H3,(H,16,21)(H,17,19). The van der Waals surface area contributed by atoms with Crippen LogP contribution in [0.2, 0.25) is 0 Å². The van der Waals surface area contributed by atoms with Gasteiger partial charge in [-0.05, 0) is 19.1 Å². The predicted octanol–water partition coefficient (Wildman–Crippen LogP) is 0.280. The van der Waals surface area contributed by atoms with Gasteiger partial charge in [-0.3, -0.25) is 9.69 Å². The van der Waals surface area contributed by atoms with Crippen molar-refractivity contribution in [2.45, 2.75) is 19.1 Å². The molecular formula is C15H23N5O2. The molecule has 2 unspecified atom stereocenters. The van der Waals surface area contributed by atoms with Gasteiger partial charge < -0.3 is 15.4 Å². The highest BCUT2D eigenvalue weighted by Crippen LogP contribution is 2.10. The summed E-state index contributed by atoms with van der Waals surface area (Å²) in [7, 11) is 0. The predicted molar refractivity (Wildman–Crippen MR) is 84.5 cm³/mol. The van der Waals surface area contributed by atoms with Crippen molar-refractivity contribution >= 4 is 11.7 Å². The van der Waals surface area contributed by atoms with Crippen LogP contribution in [0.25, 0.3) is 0 Å². The maximum atomic E-state index is 12.0. The van der Waals surface area contributed by atoms with Crippen molar-refractivity contribution in [1.29, 1.82) is 0 Å². The van der Waals surface area contributed by atoms with E-state index >= 15 is 0 Å². The minimum atomic E-state index is -0.178. The van der Waals surface area contributed by atoms with Crippen molar-refractivity contribution in [3.8, 4) is 0 Å². The third-order valence-corrected chi connectivity index (χ3v) is 3.60. The summed E-state index contributed by atoms with van der Waals surface area (Å²) >= 11 is 0. The Labute approximate surface area is 130 Å². The van der Waals surface area contributed by atoms with E-state index in [9.17, 15) is 4.79 Å². The molecule has 0 aliphatic carbocycles. The molecule has 0 spiro atoms. The first-order valence-electron chi connectivity index (χ1n) is 7.46. The fraction of sp³-hybridized carbons (Fsp3) is 0.533. The number of rotatable bonds is 7. The Balaban J connectivity index is 1.80. The molecule has 1 amide bonds. The lowest BCUT2D eigenvalue weighted by Gasteiger charge is -2.36. The molecule has 7 nitrogen and oxygen atoms in total. The monoisotopic (exact) mass is 305 g/mol. The molecule has 1 aromatic heterocycles. The summed E-state index contributed by atoms with van der Waals surface area (Å²) in [6, 6.07) is 3.51. The Hall–Kier alpha value is -1.99. The van der Waals surface area contributed by atoms with Crippen molar-refractivity contribution in [2.24, 2.45) is 0 Å². The number of nitrogens with one attached hydrogen (secondary N) is 2. The number of nitrogens with zero attached hydrogens (tertiary/aromatic N) is 3. The van der Waals surface area contributed by atoms with E-state index in [4.69, 9.17) is 4.74 Å². The zero-order valence-electron chi connectivity index (χ0n) is 12.9. The van der Waals surface area contributed by atoms with Gasteiger partial charge in [0, 0.05) is 32.4 Å². The van der Waals surface area contributed by atoms with E-state index in [0.29, 0.717) is 26.2 Å². The smallest absolute Gasteiger partial charge is 0.237 e. The van der Waals surface area contributed by atoms with E-state index < -0.39 is 0 Å². The van der Waals surface area contributed by atoms with Crippen LogP contribution < -0.4 is 10.6 Å². The molecular weight excluding hydrogens is 282 g/mol. The molecule has 2 rings (SSSR count). The van der Waals surface area contributed by atoms with Crippen LogP contribution in [0, 0.1) is 0 Å². The van der Waals surface area contributed by atoms with E-state index in [0.717, 1.165) is 12.4 Å². The summed E-state index contributed by atoms with van der Waals surface area (Å²) in [6.45, 7) is 8.72. The number of carbonyl (C=O) groups excluding carboxylic acids is 1. The number of ether oxygens (including phenoxy) is 1. The second-order valence-electron chi connectivity index (χ2n) is 5.19. The van der Waals surface area contributed by atoms with Crippen LogP contribution in [0.5, 0.6) is 0 Å². The first-order chi connectivity index (χ1) is 10.7. The zero-order valence-corrected chi connectivity index (χ0v) is 12.9. The third kappa shape index (κ3) is 4.78. The number of aromatic nitrogens is 2. The van der Waals surface area contributed by atoms with Crippen LogP contribution in [0.3, 0.4) is 0 Å². The maximum Gasteiger partial charge on any atom is 0.237 e. The Morgan fingerprint density at radius 1 is 1.68 bits per heavy atom. The van der Waals surface area contributed by atoms with Crippen LogP contribution in [0.15, 0.2) is 31.0 Å². The Kier molecular flexibility index (Phi) is 6.29. The number of amides is 1. The summed E-state index contributed by atoms with van der Waals surface area (Å²) in [5.74, 6) is 0.738. The highest BCUT2D eigenvalue weighted by molar-refractivity contribution is 5.81. The lowest BCUT2D eigenvalue weighted by molar-refractivity contribution is -0.128. The maximum absolute atomic E-state index is 12.0. The normalized spacial score (nSPS) is 20.1. The van der Waals surface area contributed by atoms with Gasteiger partial charge in [-0.15, -0.1) is 11.7 Å². The van der Waals surface area contributed by atoms with Crippen molar-refractivity contribution in [3.63, 3.8) is 0 Å². The molecule has 1 fully saturated rings. The highest BCUT2D eigenvalue weighted by Gasteiger charge is 2.27. The fourth-order valence-electron chi connectivity index (χ4n) is 2.32. The van der Waals surface area contributed by atoms with Crippen LogP contribution in [-0.2, 0) is 9.53 Å². The quantitative estimate of drug-likeness (QED) is 0.705. The van der Waals surface area contributed by atoms with Gasteiger partial charge in [-0.1, -0.05) is 6.08 Å². The lowest BCUT2D eigenvalue weighted by atomic mass is 10.2. The summed E-state index contributed by atoms with van der Waals surface area (Å²) in [6.07, 6.45) is 3.33. The molecule has 2 N–H and O–H groups in total. The number of carbonyl (C=O) groups is 1. The third-order valence-electron chi connectivity index (χ3n) is 3.60. The second-order valence-corrected chi connectivity index (χ2v) is 5.19. The SMILES string of the molecule is C=CCNC(=O)C(C)N1CCOC(CNc2cccnn2)C1. The van der Waals surface area contributed by atoms with Crippen LogP contribution in [0.4, 0.5) is 5.82 Å². The van der Waals surface area contributed by atoms with Crippen molar-refractivity contribution in [1.82, 2.24) is 20.4 Å². The van der Waals surface area contributed by atoms with E-state index in [1.54, 1.807) is 12.3 Å². The lowest BCUT2D eigenvalue weighted by Crippen LogP contribution is -2.53. The molecule has 22 heavy (non-hydrogen) atoms. The summed E-state index contributed by atoms with van der Waals surface area (Å²) in [4.78, 5) is 14.1. The molecule has 0 radical (unpaired) electrons. The minimum Gasteiger partial charge on any atom is -0.374 e. The van der Waals surface area contributed by atoms with E-state index in [1.807, 2.05) is 19.1 Å². The van der Waals surface area contributed by atoms with Gasteiger partial charge in [0.1, 0.15) is 5.82 Å². The van der Waals surface area contributed by atoms with Crippen LogP contribution in [0.1, 0.15) is 6.92 Å². The van der Waals surface area contributed by atoms with Crippen molar-refractivity contribution in [2.75, 3.05) is 38.1 Å². The molecule has 0 aromatic carbocycles. The van der Waals surface area contributed by atoms with Crippen molar-refractivity contribution in [3.05, 3.63) is 31.0 Å². The molecule has 1 aliphatic heterocycles. The van der Waals surface area contributed by atoms with Gasteiger partial charge in [-0.25, -0.2) is 0 Å². The number of hydrogen-bond donors (Lipinski definition) is 2.